The Kier molecular flexibility index (Phi) is 4.01. The second kappa shape index (κ2) is 5.42. The van der Waals surface area contributed by atoms with E-state index in [4.69, 9.17) is 17.3 Å². The Balaban J connectivity index is 2.58. The van der Waals surface area contributed by atoms with Crippen molar-refractivity contribution in [3.05, 3.63) is 70.0 Å². The second-order valence-electron chi connectivity index (χ2n) is 4.20. The van der Waals surface area contributed by atoms with Gasteiger partial charge in [-0.05, 0) is 23.8 Å². The molecule has 20 heavy (non-hydrogen) atoms. The molecule has 1 nitrogen and oxygen atoms in total. The van der Waals surface area contributed by atoms with Crippen LogP contribution in [-0.2, 0) is 6.18 Å². The molecular weight excluding hydrogens is 294 g/mol. The van der Waals surface area contributed by atoms with Gasteiger partial charge in [0.1, 0.15) is 5.82 Å². The van der Waals surface area contributed by atoms with Crippen molar-refractivity contribution in [2.75, 3.05) is 0 Å². The normalized spacial score (nSPS) is 13.3. The molecule has 2 aromatic rings. The van der Waals surface area contributed by atoms with E-state index < -0.39 is 23.6 Å². The Morgan fingerprint density at radius 2 is 1.65 bits per heavy atom. The first-order chi connectivity index (χ1) is 9.32. The highest BCUT2D eigenvalue weighted by molar-refractivity contribution is 6.31. The molecule has 0 amide bonds. The smallest absolute Gasteiger partial charge is 0.320 e. The van der Waals surface area contributed by atoms with E-state index in [-0.39, 0.29) is 16.1 Å². The van der Waals surface area contributed by atoms with Crippen molar-refractivity contribution in [1.29, 1.82) is 0 Å². The first-order valence-corrected chi connectivity index (χ1v) is 6.05. The van der Waals surface area contributed by atoms with Crippen LogP contribution in [0.15, 0.2) is 42.5 Å². The van der Waals surface area contributed by atoms with Crippen LogP contribution in [0.3, 0.4) is 0 Å². The Morgan fingerprint density at radius 3 is 2.25 bits per heavy atom. The highest BCUT2D eigenvalue weighted by Gasteiger charge is 2.35. The molecule has 1 unspecified atom stereocenters. The summed E-state index contributed by atoms with van der Waals surface area (Å²) < 4.78 is 52.6. The molecule has 0 aliphatic rings. The SMILES string of the molecule is NC(c1ccccc1C(F)(F)F)c1c(F)cccc1Cl. The highest BCUT2D eigenvalue weighted by atomic mass is 35.5. The van der Waals surface area contributed by atoms with E-state index in [0.29, 0.717) is 0 Å². The predicted molar refractivity (Wildman–Crippen MR) is 68.9 cm³/mol. The summed E-state index contributed by atoms with van der Waals surface area (Å²) in [5.74, 6) is -0.734. The molecule has 0 aromatic heterocycles. The van der Waals surface area contributed by atoms with Crippen molar-refractivity contribution in [3.8, 4) is 0 Å². The minimum Gasteiger partial charge on any atom is -0.320 e. The van der Waals surface area contributed by atoms with Gasteiger partial charge in [-0.15, -0.1) is 0 Å². The lowest BCUT2D eigenvalue weighted by Crippen LogP contribution is -2.19. The van der Waals surface area contributed by atoms with Gasteiger partial charge in [0.25, 0.3) is 0 Å². The number of halogens is 5. The lowest BCUT2D eigenvalue weighted by atomic mass is 9.94. The molecule has 1 atom stereocenters. The van der Waals surface area contributed by atoms with Gasteiger partial charge >= 0.3 is 6.18 Å². The van der Waals surface area contributed by atoms with Crippen molar-refractivity contribution in [2.24, 2.45) is 5.73 Å². The van der Waals surface area contributed by atoms with E-state index >= 15 is 0 Å². The largest absolute Gasteiger partial charge is 0.416 e. The van der Waals surface area contributed by atoms with Gasteiger partial charge in [0.05, 0.1) is 11.6 Å². The third kappa shape index (κ3) is 2.78. The third-order valence-corrected chi connectivity index (χ3v) is 3.24. The van der Waals surface area contributed by atoms with E-state index in [0.717, 1.165) is 12.1 Å². The van der Waals surface area contributed by atoms with Crippen LogP contribution < -0.4 is 5.73 Å². The van der Waals surface area contributed by atoms with Gasteiger partial charge in [-0.1, -0.05) is 35.9 Å². The maximum Gasteiger partial charge on any atom is 0.416 e. The van der Waals surface area contributed by atoms with Gasteiger partial charge in [-0.3, -0.25) is 0 Å². The fourth-order valence-corrected chi connectivity index (χ4v) is 2.27. The average molecular weight is 304 g/mol. The van der Waals surface area contributed by atoms with Gasteiger partial charge in [0, 0.05) is 10.6 Å². The van der Waals surface area contributed by atoms with Gasteiger partial charge in [-0.25, -0.2) is 4.39 Å². The summed E-state index contributed by atoms with van der Waals surface area (Å²) in [5, 5.41) is -0.00511. The Morgan fingerprint density at radius 1 is 1.00 bits per heavy atom. The summed E-state index contributed by atoms with van der Waals surface area (Å²) in [5.41, 5.74) is 4.53. The topological polar surface area (TPSA) is 26.0 Å². The summed E-state index contributed by atoms with van der Waals surface area (Å²) in [4.78, 5) is 0. The quantitative estimate of drug-likeness (QED) is 0.810. The number of rotatable bonds is 2. The monoisotopic (exact) mass is 303 g/mol. The minimum atomic E-state index is -4.56. The molecule has 2 rings (SSSR count). The molecule has 0 heterocycles. The first-order valence-electron chi connectivity index (χ1n) is 5.68. The molecule has 0 spiro atoms. The van der Waals surface area contributed by atoms with Gasteiger partial charge in [-0.2, -0.15) is 13.2 Å². The fraction of sp³-hybridized carbons (Fsp3) is 0.143. The zero-order valence-electron chi connectivity index (χ0n) is 10.1. The molecule has 106 valence electrons. The molecule has 2 N–H and O–H groups in total. The van der Waals surface area contributed by atoms with Crippen LogP contribution in [0.25, 0.3) is 0 Å². The first kappa shape index (κ1) is 14.8. The molecule has 0 aliphatic heterocycles. The molecule has 0 fully saturated rings. The molecule has 0 aliphatic carbocycles. The van der Waals surface area contributed by atoms with E-state index in [1.54, 1.807) is 0 Å². The maximum absolute atomic E-state index is 13.8. The van der Waals surface area contributed by atoms with Gasteiger partial charge in [0.15, 0.2) is 0 Å². The van der Waals surface area contributed by atoms with E-state index in [1.165, 1.54) is 30.3 Å². The summed E-state index contributed by atoms with van der Waals surface area (Å²) in [6, 6.07) is 7.36. The van der Waals surface area contributed by atoms with Crippen LogP contribution in [0.1, 0.15) is 22.7 Å². The van der Waals surface area contributed by atoms with Gasteiger partial charge in [0.2, 0.25) is 0 Å². The number of hydrogen-bond donors (Lipinski definition) is 1. The summed E-state index contributed by atoms with van der Waals surface area (Å²) in [7, 11) is 0. The molecule has 2 aromatic carbocycles. The minimum absolute atomic E-state index is 0.00511. The highest BCUT2D eigenvalue weighted by Crippen LogP contribution is 2.37. The standard InChI is InChI=1S/C14H10ClF4N/c15-10-6-3-7-11(16)12(10)13(20)8-4-1-2-5-9(8)14(17,18)19/h1-7,13H,20H2. The van der Waals surface area contributed by atoms with Crippen LogP contribution in [0, 0.1) is 5.82 Å². The third-order valence-electron chi connectivity index (χ3n) is 2.91. The lowest BCUT2D eigenvalue weighted by Gasteiger charge is -2.19. The Bertz CT molecular complexity index is 605. The second-order valence-corrected chi connectivity index (χ2v) is 4.61. The molecular formula is C14H10ClF4N. The van der Waals surface area contributed by atoms with E-state index in [2.05, 4.69) is 0 Å². The number of benzene rings is 2. The van der Waals surface area contributed by atoms with Crippen molar-refractivity contribution in [1.82, 2.24) is 0 Å². The molecule has 6 heteroatoms. The van der Waals surface area contributed by atoms with Crippen LogP contribution in [-0.4, -0.2) is 0 Å². The molecule has 0 bridgehead atoms. The molecule has 0 radical (unpaired) electrons. The number of hydrogen-bond acceptors (Lipinski definition) is 1. The fourth-order valence-electron chi connectivity index (χ4n) is 1.99. The zero-order chi connectivity index (χ0) is 14.9. The summed E-state index contributed by atoms with van der Waals surface area (Å²) >= 11 is 5.84. The van der Waals surface area contributed by atoms with Crippen molar-refractivity contribution in [3.63, 3.8) is 0 Å². The Labute approximate surface area is 118 Å². The molecule has 0 saturated heterocycles. The average Bonchev–Trinajstić information content (AvgIpc) is 2.37. The van der Waals surface area contributed by atoms with Crippen molar-refractivity contribution >= 4 is 11.6 Å². The summed E-state index contributed by atoms with van der Waals surface area (Å²) in [6.07, 6.45) is -4.56. The van der Waals surface area contributed by atoms with Crippen LogP contribution >= 0.6 is 11.6 Å². The number of nitrogens with two attached hydrogens (primary N) is 1. The van der Waals surface area contributed by atoms with Crippen molar-refractivity contribution in [2.45, 2.75) is 12.2 Å². The summed E-state index contributed by atoms with van der Waals surface area (Å²) in [6.45, 7) is 0. The maximum atomic E-state index is 13.8. The zero-order valence-corrected chi connectivity index (χ0v) is 10.8. The van der Waals surface area contributed by atoms with Crippen LogP contribution in [0.2, 0.25) is 5.02 Å². The van der Waals surface area contributed by atoms with Crippen LogP contribution in [0.4, 0.5) is 17.6 Å². The predicted octanol–water partition coefficient (Wildman–Crippen LogP) is 4.55. The number of alkyl halides is 3. The lowest BCUT2D eigenvalue weighted by molar-refractivity contribution is -0.138. The Hall–Kier alpha value is -1.59. The van der Waals surface area contributed by atoms with Gasteiger partial charge < -0.3 is 5.73 Å². The van der Waals surface area contributed by atoms with Crippen LogP contribution in [0.5, 0.6) is 0 Å². The van der Waals surface area contributed by atoms with E-state index in [9.17, 15) is 17.6 Å². The molecule has 0 saturated carbocycles. The van der Waals surface area contributed by atoms with Crippen molar-refractivity contribution < 1.29 is 17.6 Å². The van der Waals surface area contributed by atoms with E-state index in [1.807, 2.05) is 0 Å².